The number of rotatable bonds is 8. The first kappa shape index (κ1) is 22.3. The molecule has 32 heavy (non-hydrogen) atoms. The summed E-state index contributed by atoms with van der Waals surface area (Å²) in [5.41, 5.74) is 1.30. The first-order valence-corrected chi connectivity index (χ1v) is 10.8. The second-order valence-electron chi connectivity index (χ2n) is 6.82. The van der Waals surface area contributed by atoms with Crippen molar-refractivity contribution in [2.24, 2.45) is 0 Å². The van der Waals surface area contributed by atoms with Gasteiger partial charge in [0.2, 0.25) is 6.79 Å². The van der Waals surface area contributed by atoms with Crippen LogP contribution in [0.3, 0.4) is 0 Å². The molecule has 0 spiro atoms. The summed E-state index contributed by atoms with van der Waals surface area (Å²) in [4.78, 5) is 26.9. The lowest BCUT2D eigenvalue weighted by Crippen LogP contribution is -2.27. The Balaban J connectivity index is 1.51. The summed E-state index contributed by atoms with van der Waals surface area (Å²) >= 11 is 7.17. The largest absolute Gasteiger partial charge is 0.493 e. The zero-order valence-corrected chi connectivity index (χ0v) is 19.0. The standard InChI is InChI=1S/C22H20ClNO7S/c1-27-5-6-29-16-4-3-13(7-17(16)28-2)8-20-21(25)24(22(26)32-20)11-14-9-18-19(10-15(14)23)31-12-30-18/h3-4,7-10H,5-6,11-12H2,1-2H3/b20-8-. The number of ether oxygens (including phenoxy) is 5. The maximum atomic E-state index is 12.9. The van der Waals surface area contributed by atoms with Crippen LogP contribution in [0.25, 0.3) is 6.08 Å². The summed E-state index contributed by atoms with van der Waals surface area (Å²) in [6, 6.07) is 8.58. The number of halogens is 1. The minimum absolute atomic E-state index is 0.0348. The highest BCUT2D eigenvalue weighted by Gasteiger charge is 2.35. The Morgan fingerprint density at radius 3 is 2.62 bits per heavy atom. The maximum Gasteiger partial charge on any atom is 0.293 e. The summed E-state index contributed by atoms with van der Waals surface area (Å²) in [7, 11) is 3.13. The van der Waals surface area contributed by atoms with E-state index in [9.17, 15) is 9.59 Å². The van der Waals surface area contributed by atoms with Crippen molar-refractivity contribution in [2.45, 2.75) is 6.54 Å². The number of carbonyl (C=O) groups is 2. The van der Waals surface area contributed by atoms with E-state index >= 15 is 0 Å². The van der Waals surface area contributed by atoms with E-state index in [1.165, 1.54) is 7.11 Å². The van der Waals surface area contributed by atoms with Crippen molar-refractivity contribution in [1.82, 2.24) is 4.90 Å². The van der Waals surface area contributed by atoms with Crippen molar-refractivity contribution in [1.29, 1.82) is 0 Å². The first-order valence-electron chi connectivity index (χ1n) is 9.63. The predicted octanol–water partition coefficient (Wildman–Crippen LogP) is 4.34. The van der Waals surface area contributed by atoms with Crippen molar-refractivity contribution < 1.29 is 33.3 Å². The number of hydrogen-bond acceptors (Lipinski definition) is 8. The molecular weight excluding hydrogens is 458 g/mol. The zero-order valence-electron chi connectivity index (χ0n) is 17.4. The minimum atomic E-state index is -0.395. The number of benzene rings is 2. The third-order valence-electron chi connectivity index (χ3n) is 4.77. The lowest BCUT2D eigenvalue weighted by Gasteiger charge is -2.14. The van der Waals surface area contributed by atoms with Crippen molar-refractivity contribution in [2.75, 3.05) is 34.2 Å². The van der Waals surface area contributed by atoms with Gasteiger partial charge in [0, 0.05) is 18.2 Å². The van der Waals surface area contributed by atoms with Crippen molar-refractivity contribution in [3.63, 3.8) is 0 Å². The van der Waals surface area contributed by atoms with Gasteiger partial charge in [-0.2, -0.15) is 0 Å². The molecule has 2 heterocycles. The Bertz CT molecular complexity index is 1090. The second-order valence-corrected chi connectivity index (χ2v) is 8.22. The van der Waals surface area contributed by atoms with E-state index in [-0.39, 0.29) is 18.6 Å². The molecule has 10 heteroatoms. The third-order valence-corrected chi connectivity index (χ3v) is 6.03. The summed E-state index contributed by atoms with van der Waals surface area (Å²) in [6.07, 6.45) is 1.65. The van der Waals surface area contributed by atoms with Crippen LogP contribution in [0.15, 0.2) is 35.2 Å². The molecule has 1 saturated heterocycles. The summed E-state index contributed by atoms with van der Waals surface area (Å²) < 4.78 is 26.6. The molecule has 0 N–H and O–H groups in total. The molecule has 0 atom stereocenters. The quantitative estimate of drug-likeness (QED) is 0.410. The van der Waals surface area contributed by atoms with Gasteiger partial charge < -0.3 is 23.7 Å². The van der Waals surface area contributed by atoms with Crippen LogP contribution in [0, 0.1) is 0 Å². The Labute approximate surface area is 194 Å². The molecule has 8 nitrogen and oxygen atoms in total. The van der Waals surface area contributed by atoms with Crippen LogP contribution in [0.5, 0.6) is 23.0 Å². The van der Waals surface area contributed by atoms with Gasteiger partial charge in [-0.25, -0.2) is 0 Å². The minimum Gasteiger partial charge on any atom is -0.493 e. The van der Waals surface area contributed by atoms with Crippen LogP contribution >= 0.6 is 23.4 Å². The number of nitrogens with zero attached hydrogens (tertiary/aromatic N) is 1. The van der Waals surface area contributed by atoms with Crippen molar-refractivity contribution >= 4 is 40.6 Å². The highest BCUT2D eigenvalue weighted by molar-refractivity contribution is 8.18. The normalized spacial score (nSPS) is 16.2. The number of thioether (sulfide) groups is 1. The van der Waals surface area contributed by atoms with Crippen LogP contribution < -0.4 is 18.9 Å². The molecule has 0 radical (unpaired) electrons. The van der Waals surface area contributed by atoms with E-state index in [1.54, 1.807) is 43.5 Å². The molecular formula is C22H20ClNO7S. The van der Waals surface area contributed by atoms with Crippen molar-refractivity contribution in [3.05, 3.63) is 51.4 Å². The fourth-order valence-electron chi connectivity index (χ4n) is 3.17. The number of amides is 2. The van der Waals surface area contributed by atoms with Crippen LogP contribution in [0.2, 0.25) is 5.02 Å². The van der Waals surface area contributed by atoms with E-state index < -0.39 is 5.91 Å². The van der Waals surface area contributed by atoms with Gasteiger partial charge in [-0.3, -0.25) is 14.5 Å². The van der Waals surface area contributed by atoms with Gasteiger partial charge in [0.15, 0.2) is 23.0 Å². The van der Waals surface area contributed by atoms with Gasteiger partial charge in [0.05, 0.1) is 25.2 Å². The Morgan fingerprint density at radius 1 is 1.09 bits per heavy atom. The van der Waals surface area contributed by atoms with E-state index in [0.29, 0.717) is 57.3 Å². The van der Waals surface area contributed by atoms with Crippen LogP contribution in [0.1, 0.15) is 11.1 Å². The molecule has 4 rings (SSSR count). The molecule has 168 valence electrons. The molecule has 2 aromatic carbocycles. The Hall–Kier alpha value is -2.88. The van der Waals surface area contributed by atoms with Crippen LogP contribution in [-0.4, -0.2) is 50.3 Å². The average Bonchev–Trinajstić information content (AvgIpc) is 3.34. The van der Waals surface area contributed by atoms with E-state index in [1.807, 2.05) is 0 Å². The lowest BCUT2D eigenvalue weighted by molar-refractivity contribution is -0.123. The molecule has 2 aromatic rings. The number of methoxy groups -OCH3 is 2. The fourth-order valence-corrected chi connectivity index (χ4v) is 4.22. The maximum absolute atomic E-state index is 12.9. The van der Waals surface area contributed by atoms with Crippen LogP contribution in [-0.2, 0) is 16.1 Å². The third kappa shape index (κ3) is 4.64. The Kier molecular flexibility index (Phi) is 6.78. The number of carbonyl (C=O) groups excluding carboxylic acids is 2. The summed E-state index contributed by atoms with van der Waals surface area (Å²) in [5, 5.41) is 0.0209. The van der Waals surface area contributed by atoms with Gasteiger partial charge in [-0.05, 0) is 47.2 Å². The first-order chi connectivity index (χ1) is 15.5. The van der Waals surface area contributed by atoms with Crippen molar-refractivity contribution in [3.8, 4) is 23.0 Å². The smallest absolute Gasteiger partial charge is 0.293 e. The van der Waals surface area contributed by atoms with E-state index in [2.05, 4.69) is 0 Å². The average molecular weight is 478 g/mol. The number of hydrogen-bond donors (Lipinski definition) is 0. The van der Waals surface area contributed by atoms with E-state index in [4.69, 9.17) is 35.3 Å². The van der Waals surface area contributed by atoms with E-state index in [0.717, 1.165) is 16.7 Å². The lowest BCUT2D eigenvalue weighted by atomic mass is 10.1. The summed E-state index contributed by atoms with van der Waals surface area (Å²) in [6.45, 7) is 0.977. The molecule has 0 unspecified atom stereocenters. The van der Waals surface area contributed by atoms with Gasteiger partial charge in [0.1, 0.15) is 6.61 Å². The predicted molar refractivity (Wildman–Crippen MR) is 119 cm³/mol. The SMILES string of the molecule is COCCOc1ccc(/C=C2\SC(=O)N(Cc3cc4c(cc3Cl)OCO4)C2=O)cc1OC. The van der Waals surface area contributed by atoms with Crippen LogP contribution in [0.4, 0.5) is 4.79 Å². The molecule has 2 aliphatic rings. The molecule has 0 aromatic heterocycles. The van der Waals surface area contributed by atoms with Gasteiger partial charge in [0.25, 0.3) is 11.1 Å². The van der Waals surface area contributed by atoms with Gasteiger partial charge in [-0.1, -0.05) is 17.7 Å². The van der Waals surface area contributed by atoms with Gasteiger partial charge in [-0.15, -0.1) is 0 Å². The topological polar surface area (TPSA) is 83.5 Å². The summed E-state index contributed by atoms with van der Waals surface area (Å²) in [5.74, 6) is 1.75. The molecule has 1 fully saturated rings. The highest BCUT2D eigenvalue weighted by atomic mass is 35.5. The molecule has 2 amide bonds. The zero-order chi connectivity index (χ0) is 22.7. The number of imide groups is 1. The number of fused-ring (bicyclic) bond motifs is 1. The fraction of sp³-hybridized carbons (Fsp3) is 0.273. The van der Waals surface area contributed by atoms with Gasteiger partial charge >= 0.3 is 0 Å². The Morgan fingerprint density at radius 2 is 1.88 bits per heavy atom. The molecule has 0 saturated carbocycles. The second kappa shape index (κ2) is 9.72. The highest BCUT2D eigenvalue weighted by Crippen LogP contribution is 2.39. The molecule has 0 bridgehead atoms. The monoisotopic (exact) mass is 477 g/mol. The molecule has 0 aliphatic carbocycles. The molecule has 2 aliphatic heterocycles.